The number of rotatable bonds is 6. The summed E-state index contributed by atoms with van der Waals surface area (Å²) >= 11 is 12.2. The largest absolute Gasteiger partial charge is 0.508 e. The van der Waals surface area contributed by atoms with Crippen molar-refractivity contribution >= 4 is 29.1 Å². The number of nitrogens with zero attached hydrogens (tertiary/aromatic N) is 2. The fourth-order valence-corrected chi connectivity index (χ4v) is 3.18. The van der Waals surface area contributed by atoms with E-state index >= 15 is 0 Å². The van der Waals surface area contributed by atoms with Gasteiger partial charge in [-0.3, -0.25) is 4.79 Å². The molecule has 1 aromatic rings. The van der Waals surface area contributed by atoms with E-state index in [1.807, 2.05) is 7.05 Å². The predicted molar refractivity (Wildman–Crippen MR) is 86.3 cm³/mol. The van der Waals surface area contributed by atoms with Crippen LogP contribution in [0.5, 0.6) is 5.75 Å². The number of carbonyl (C=O) groups is 1. The Morgan fingerprint density at radius 3 is 2.86 bits per heavy atom. The molecular formula is C15H20Cl2N2O3. The lowest BCUT2D eigenvalue weighted by Gasteiger charge is -2.19. The van der Waals surface area contributed by atoms with Gasteiger partial charge in [-0.25, -0.2) is 0 Å². The molecule has 1 amide bonds. The van der Waals surface area contributed by atoms with Crippen molar-refractivity contribution in [3.8, 4) is 5.75 Å². The Hall–Kier alpha value is -1.01. The van der Waals surface area contributed by atoms with E-state index in [1.54, 1.807) is 23.1 Å². The number of amides is 1. The molecule has 0 spiro atoms. The molecule has 0 aromatic heterocycles. The maximum atomic E-state index is 12.1. The first-order valence-corrected chi connectivity index (χ1v) is 7.89. The molecule has 5 nitrogen and oxygen atoms in total. The van der Waals surface area contributed by atoms with Crippen molar-refractivity contribution in [3.05, 3.63) is 27.7 Å². The molecule has 1 N–H and O–H groups in total. The van der Waals surface area contributed by atoms with Crippen LogP contribution in [-0.2, 0) is 9.63 Å². The molecule has 0 radical (unpaired) electrons. The molecule has 1 saturated heterocycles. The average molecular weight is 347 g/mol. The highest BCUT2D eigenvalue weighted by molar-refractivity contribution is 6.42. The van der Waals surface area contributed by atoms with Gasteiger partial charge in [0, 0.05) is 44.6 Å². The van der Waals surface area contributed by atoms with Gasteiger partial charge in [-0.05, 0) is 18.6 Å². The summed E-state index contributed by atoms with van der Waals surface area (Å²) < 4.78 is 0. The summed E-state index contributed by atoms with van der Waals surface area (Å²) in [5.74, 6) is 0.0348. The smallest absolute Gasteiger partial charge is 0.223 e. The summed E-state index contributed by atoms with van der Waals surface area (Å²) in [6.45, 7) is 1.94. The lowest BCUT2D eigenvalue weighted by atomic mass is 9.97. The second-order valence-corrected chi connectivity index (χ2v) is 6.21. The van der Waals surface area contributed by atoms with Crippen LogP contribution < -0.4 is 0 Å². The van der Waals surface area contributed by atoms with Crippen molar-refractivity contribution in [2.24, 2.45) is 0 Å². The van der Waals surface area contributed by atoms with Crippen molar-refractivity contribution in [1.29, 1.82) is 0 Å². The van der Waals surface area contributed by atoms with Crippen molar-refractivity contribution in [3.63, 3.8) is 0 Å². The minimum atomic E-state index is -0.126. The number of phenols is 1. The lowest BCUT2D eigenvalue weighted by molar-refractivity contribution is -0.129. The van der Waals surface area contributed by atoms with E-state index in [0.29, 0.717) is 35.1 Å². The first-order chi connectivity index (χ1) is 10.4. The third kappa shape index (κ3) is 3.84. The zero-order valence-corrected chi connectivity index (χ0v) is 14.2. The Morgan fingerprint density at radius 1 is 1.45 bits per heavy atom. The molecule has 0 aliphatic carbocycles. The number of hydrogen-bond donors (Lipinski definition) is 1. The number of aromatic hydroxyl groups is 1. The van der Waals surface area contributed by atoms with Gasteiger partial charge in [0.2, 0.25) is 5.91 Å². The molecule has 0 saturated carbocycles. The Balaban J connectivity index is 2.02. The standard InChI is InChI=1S/C15H20Cl2N2O3/c1-18(22-2)6-3-7-19-9-10(8-13(19)21)14-12(20)5-4-11(16)15(14)17/h4-5,10,20H,3,6-9H2,1-2H3. The molecule has 1 aliphatic rings. The van der Waals surface area contributed by atoms with E-state index in [-0.39, 0.29) is 17.6 Å². The molecule has 122 valence electrons. The van der Waals surface area contributed by atoms with E-state index in [0.717, 1.165) is 13.0 Å². The molecule has 1 unspecified atom stereocenters. The first kappa shape index (κ1) is 17.3. The third-order valence-corrected chi connectivity index (χ3v) is 4.76. The maximum absolute atomic E-state index is 12.1. The van der Waals surface area contributed by atoms with E-state index in [4.69, 9.17) is 28.0 Å². The van der Waals surface area contributed by atoms with E-state index in [2.05, 4.69) is 0 Å². The van der Waals surface area contributed by atoms with E-state index in [1.165, 1.54) is 6.07 Å². The molecule has 0 bridgehead atoms. The fraction of sp³-hybridized carbons (Fsp3) is 0.533. The molecule has 1 aromatic carbocycles. The second-order valence-electron chi connectivity index (χ2n) is 5.42. The monoisotopic (exact) mass is 346 g/mol. The van der Waals surface area contributed by atoms with Crippen LogP contribution in [0.15, 0.2) is 12.1 Å². The number of likely N-dealkylation sites (tertiary alicyclic amines) is 1. The minimum Gasteiger partial charge on any atom is -0.508 e. The van der Waals surface area contributed by atoms with Crippen LogP contribution in [0.25, 0.3) is 0 Å². The number of carbonyl (C=O) groups excluding carboxylic acids is 1. The summed E-state index contributed by atoms with van der Waals surface area (Å²) in [5, 5.41) is 12.5. The Bertz CT molecular complexity index is 554. The second kappa shape index (κ2) is 7.51. The normalized spacial score (nSPS) is 18.5. The van der Waals surface area contributed by atoms with E-state index in [9.17, 15) is 9.90 Å². The summed E-state index contributed by atoms with van der Waals surface area (Å²) in [6.07, 6.45) is 1.16. The van der Waals surface area contributed by atoms with Crippen molar-refractivity contribution in [2.45, 2.75) is 18.8 Å². The number of phenolic OH excluding ortho intramolecular Hbond substituents is 1. The van der Waals surface area contributed by atoms with Gasteiger partial charge in [0.1, 0.15) is 5.75 Å². The molecule has 1 fully saturated rings. The van der Waals surface area contributed by atoms with Gasteiger partial charge in [0.05, 0.1) is 17.2 Å². The highest BCUT2D eigenvalue weighted by Crippen LogP contribution is 2.41. The van der Waals surface area contributed by atoms with Gasteiger partial charge in [0.15, 0.2) is 0 Å². The highest BCUT2D eigenvalue weighted by atomic mass is 35.5. The van der Waals surface area contributed by atoms with Crippen LogP contribution in [0.1, 0.15) is 24.3 Å². The minimum absolute atomic E-state index is 0.0699. The summed E-state index contributed by atoms with van der Waals surface area (Å²) in [7, 11) is 3.46. The Kier molecular flexibility index (Phi) is 5.92. The third-order valence-electron chi connectivity index (χ3n) is 3.95. The van der Waals surface area contributed by atoms with Gasteiger partial charge in [0.25, 0.3) is 0 Å². The van der Waals surface area contributed by atoms with E-state index < -0.39 is 0 Å². The Morgan fingerprint density at radius 2 is 2.18 bits per heavy atom. The maximum Gasteiger partial charge on any atom is 0.223 e. The number of halogens is 2. The van der Waals surface area contributed by atoms with Crippen molar-refractivity contribution in [1.82, 2.24) is 9.96 Å². The summed E-state index contributed by atoms with van der Waals surface area (Å²) in [6, 6.07) is 3.07. The zero-order chi connectivity index (χ0) is 16.3. The highest BCUT2D eigenvalue weighted by Gasteiger charge is 2.33. The summed E-state index contributed by atoms with van der Waals surface area (Å²) in [5.41, 5.74) is 0.569. The average Bonchev–Trinajstić information content (AvgIpc) is 2.84. The summed E-state index contributed by atoms with van der Waals surface area (Å²) in [4.78, 5) is 19.0. The SMILES string of the molecule is CON(C)CCCN1CC(c2c(O)ccc(Cl)c2Cl)CC1=O. The van der Waals surface area contributed by atoms with Crippen molar-refractivity contribution < 1.29 is 14.7 Å². The molecule has 22 heavy (non-hydrogen) atoms. The van der Waals surface area contributed by atoms with Crippen LogP contribution in [0.2, 0.25) is 10.0 Å². The van der Waals surface area contributed by atoms with Gasteiger partial charge in [-0.2, -0.15) is 5.06 Å². The number of hydroxylamine groups is 2. The zero-order valence-electron chi connectivity index (χ0n) is 12.7. The Labute approximate surface area is 140 Å². The van der Waals surface area contributed by atoms with Crippen LogP contribution in [0, 0.1) is 0 Å². The first-order valence-electron chi connectivity index (χ1n) is 7.14. The van der Waals surface area contributed by atoms with Gasteiger partial charge < -0.3 is 14.8 Å². The van der Waals surface area contributed by atoms with Gasteiger partial charge >= 0.3 is 0 Å². The number of benzene rings is 1. The molecule has 1 aliphatic heterocycles. The van der Waals surface area contributed by atoms with Gasteiger partial charge in [-0.15, -0.1) is 0 Å². The lowest BCUT2D eigenvalue weighted by Crippen LogP contribution is -2.29. The quantitative estimate of drug-likeness (QED) is 0.804. The number of hydrogen-bond acceptors (Lipinski definition) is 4. The fourth-order valence-electron chi connectivity index (χ4n) is 2.70. The van der Waals surface area contributed by atoms with Crippen LogP contribution >= 0.6 is 23.2 Å². The molecule has 2 rings (SSSR count). The molecular weight excluding hydrogens is 327 g/mol. The predicted octanol–water partition coefficient (Wildman–Crippen LogP) is 2.90. The molecule has 7 heteroatoms. The molecule has 1 heterocycles. The van der Waals surface area contributed by atoms with Gasteiger partial charge in [-0.1, -0.05) is 23.2 Å². The van der Waals surface area contributed by atoms with Crippen LogP contribution in [0.4, 0.5) is 0 Å². The molecule has 1 atom stereocenters. The van der Waals surface area contributed by atoms with Crippen LogP contribution in [0.3, 0.4) is 0 Å². The van der Waals surface area contributed by atoms with Crippen LogP contribution in [-0.4, -0.2) is 54.8 Å². The van der Waals surface area contributed by atoms with Crippen molar-refractivity contribution in [2.75, 3.05) is 33.8 Å². The topological polar surface area (TPSA) is 53.0 Å².